The molecule has 0 amide bonds. The number of anilines is 1. The summed E-state index contributed by atoms with van der Waals surface area (Å²) in [6.45, 7) is 2.95. The van der Waals surface area contributed by atoms with Crippen molar-refractivity contribution in [1.29, 1.82) is 0 Å². The summed E-state index contributed by atoms with van der Waals surface area (Å²) in [6, 6.07) is 4.81. The van der Waals surface area contributed by atoms with Crippen molar-refractivity contribution in [1.82, 2.24) is 9.97 Å². The number of hydrogen-bond acceptors (Lipinski definition) is 4. The van der Waals surface area contributed by atoms with Crippen molar-refractivity contribution < 1.29 is 18.3 Å². The van der Waals surface area contributed by atoms with Crippen LogP contribution in [0.5, 0.6) is 0 Å². The van der Waals surface area contributed by atoms with Crippen LogP contribution in [-0.4, -0.2) is 29.5 Å². The van der Waals surface area contributed by atoms with E-state index in [2.05, 4.69) is 14.7 Å². The summed E-state index contributed by atoms with van der Waals surface area (Å²) in [5.74, 6) is -1.03. The van der Waals surface area contributed by atoms with Gasteiger partial charge in [-0.15, -0.1) is 0 Å². The number of nitrogens with zero attached hydrogens (tertiary/aromatic N) is 1. The topological polar surface area (TPSA) is 112 Å². The normalized spacial score (nSPS) is 11.3. The first-order chi connectivity index (χ1) is 9.33. The van der Waals surface area contributed by atoms with Crippen molar-refractivity contribution in [3.63, 3.8) is 0 Å². The monoisotopic (exact) mass is 295 g/mol. The molecule has 7 nitrogen and oxygen atoms in total. The zero-order valence-corrected chi connectivity index (χ0v) is 11.7. The number of H-pyrrole nitrogens is 1. The summed E-state index contributed by atoms with van der Waals surface area (Å²) in [5.41, 5.74) is 0.297. The first kappa shape index (κ1) is 14.1. The minimum Gasteiger partial charge on any atom is -0.477 e. The van der Waals surface area contributed by atoms with Gasteiger partial charge in [0.2, 0.25) is 0 Å². The molecule has 0 atom stereocenters. The van der Waals surface area contributed by atoms with Gasteiger partial charge in [-0.3, -0.25) is 4.72 Å². The second kappa shape index (κ2) is 4.97. The molecule has 2 heterocycles. The largest absolute Gasteiger partial charge is 0.477 e. The summed E-state index contributed by atoms with van der Waals surface area (Å²) in [5, 5.41) is 9.00. The molecule has 0 aromatic carbocycles. The van der Waals surface area contributed by atoms with E-state index in [0.717, 1.165) is 0 Å². The molecule has 0 saturated heterocycles. The quantitative estimate of drug-likeness (QED) is 0.791. The molecule has 0 spiro atoms. The summed E-state index contributed by atoms with van der Waals surface area (Å²) < 4.78 is 26.9. The second-order valence-electron chi connectivity index (χ2n) is 4.20. The van der Waals surface area contributed by atoms with Crippen molar-refractivity contribution >= 4 is 21.8 Å². The van der Waals surface area contributed by atoms with Gasteiger partial charge < -0.3 is 10.1 Å². The van der Waals surface area contributed by atoms with E-state index < -0.39 is 16.0 Å². The minimum atomic E-state index is -3.89. The summed E-state index contributed by atoms with van der Waals surface area (Å²) in [6.07, 6.45) is 1.46. The van der Waals surface area contributed by atoms with Gasteiger partial charge in [-0.05, 0) is 26.0 Å². The number of pyridine rings is 1. The Morgan fingerprint density at radius 3 is 2.55 bits per heavy atom. The van der Waals surface area contributed by atoms with E-state index in [4.69, 9.17) is 5.11 Å². The van der Waals surface area contributed by atoms with Gasteiger partial charge in [0, 0.05) is 17.5 Å². The van der Waals surface area contributed by atoms with Crippen LogP contribution in [0.4, 0.5) is 5.82 Å². The Morgan fingerprint density at radius 2 is 2.05 bits per heavy atom. The molecule has 0 radical (unpaired) electrons. The number of carboxylic acids is 1. The SMILES string of the molecule is Cc1[nH]c(C(=O)O)c(C)c1S(=O)(=O)Nc1ccccn1. The molecule has 20 heavy (non-hydrogen) atoms. The lowest BCUT2D eigenvalue weighted by Crippen LogP contribution is -2.15. The highest BCUT2D eigenvalue weighted by Gasteiger charge is 2.26. The lowest BCUT2D eigenvalue weighted by molar-refractivity contribution is 0.0690. The molecular formula is C12H13N3O4S. The number of aromatic amines is 1. The van der Waals surface area contributed by atoms with Crippen LogP contribution in [0.25, 0.3) is 0 Å². The van der Waals surface area contributed by atoms with E-state index in [1.165, 1.54) is 26.1 Å². The Morgan fingerprint density at radius 1 is 1.35 bits per heavy atom. The Hall–Kier alpha value is -2.35. The highest BCUT2D eigenvalue weighted by molar-refractivity contribution is 7.92. The Balaban J connectivity index is 2.48. The van der Waals surface area contributed by atoms with E-state index in [0.29, 0.717) is 0 Å². The molecule has 2 rings (SSSR count). The Bertz CT molecular complexity index is 751. The second-order valence-corrected chi connectivity index (χ2v) is 5.82. The molecular weight excluding hydrogens is 282 g/mol. The Labute approximate surface area is 115 Å². The molecule has 2 aromatic rings. The van der Waals surface area contributed by atoms with E-state index in [1.807, 2.05) is 0 Å². The van der Waals surface area contributed by atoms with Crippen molar-refractivity contribution in [3.05, 3.63) is 41.3 Å². The molecule has 106 valence electrons. The minimum absolute atomic E-state index is 0.0689. The van der Waals surface area contributed by atoms with Gasteiger partial charge >= 0.3 is 5.97 Å². The number of carbonyl (C=O) groups is 1. The van der Waals surface area contributed by atoms with E-state index in [-0.39, 0.29) is 27.7 Å². The molecule has 2 aromatic heterocycles. The number of sulfonamides is 1. The third kappa shape index (κ3) is 2.50. The fourth-order valence-corrected chi connectivity index (χ4v) is 3.42. The van der Waals surface area contributed by atoms with Gasteiger partial charge in [-0.1, -0.05) is 6.07 Å². The summed E-state index contributed by atoms with van der Waals surface area (Å²) in [4.78, 5) is 17.4. The highest BCUT2D eigenvalue weighted by atomic mass is 32.2. The van der Waals surface area contributed by atoms with Crippen molar-refractivity contribution in [2.75, 3.05) is 4.72 Å². The van der Waals surface area contributed by atoms with Crippen LogP contribution < -0.4 is 4.72 Å². The maximum absolute atomic E-state index is 12.3. The number of aromatic carboxylic acids is 1. The molecule has 0 bridgehead atoms. The number of nitrogens with one attached hydrogen (secondary N) is 2. The van der Waals surface area contributed by atoms with Crippen LogP contribution in [0.3, 0.4) is 0 Å². The van der Waals surface area contributed by atoms with Crippen molar-refractivity contribution in [2.24, 2.45) is 0 Å². The molecule has 0 aliphatic heterocycles. The van der Waals surface area contributed by atoms with Gasteiger partial charge in [0.25, 0.3) is 10.0 Å². The third-order valence-electron chi connectivity index (χ3n) is 2.76. The lowest BCUT2D eigenvalue weighted by atomic mass is 10.2. The number of carboxylic acid groups (broad SMARTS) is 1. The lowest BCUT2D eigenvalue weighted by Gasteiger charge is -2.07. The van der Waals surface area contributed by atoms with Gasteiger partial charge in [0.1, 0.15) is 16.4 Å². The molecule has 0 unspecified atom stereocenters. The predicted octanol–water partition coefficient (Wildman–Crippen LogP) is 1.53. The van der Waals surface area contributed by atoms with Gasteiger partial charge in [0.15, 0.2) is 0 Å². The van der Waals surface area contributed by atoms with E-state index >= 15 is 0 Å². The number of rotatable bonds is 4. The standard InChI is InChI=1S/C12H13N3O4S/c1-7-10(12(16)17)14-8(2)11(7)20(18,19)15-9-5-3-4-6-13-9/h3-6,14H,1-2H3,(H,13,15)(H,16,17). The fourth-order valence-electron chi connectivity index (χ4n) is 1.96. The summed E-state index contributed by atoms with van der Waals surface area (Å²) >= 11 is 0. The van der Waals surface area contributed by atoms with Crippen molar-refractivity contribution in [3.8, 4) is 0 Å². The molecule has 8 heteroatoms. The van der Waals surface area contributed by atoms with Crippen LogP contribution in [-0.2, 0) is 10.0 Å². The van der Waals surface area contributed by atoms with Crippen molar-refractivity contribution in [2.45, 2.75) is 18.7 Å². The molecule has 0 aliphatic rings. The molecule has 0 fully saturated rings. The van der Waals surface area contributed by atoms with Crippen LogP contribution in [0.15, 0.2) is 29.3 Å². The first-order valence-corrected chi connectivity index (χ1v) is 7.17. The Kier molecular flexibility index (Phi) is 3.49. The maximum atomic E-state index is 12.3. The van der Waals surface area contributed by atoms with E-state index in [1.54, 1.807) is 12.1 Å². The summed E-state index contributed by atoms with van der Waals surface area (Å²) in [7, 11) is -3.89. The van der Waals surface area contributed by atoms with Gasteiger partial charge in [0.05, 0.1) is 0 Å². The number of aromatic nitrogens is 2. The first-order valence-electron chi connectivity index (χ1n) is 5.69. The van der Waals surface area contributed by atoms with Gasteiger partial charge in [-0.25, -0.2) is 18.2 Å². The zero-order valence-electron chi connectivity index (χ0n) is 10.8. The van der Waals surface area contributed by atoms with Crippen LogP contribution in [0.1, 0.15) is 21.7 Å². The average Bonchev–Trinajstić information content (AvgIpc) is 2.66. The smallest absolute Gasteiger partial charge is 0.352 e. The average molecular weight is 295 g/mol. The van der Waals surface area contributed by atoms with Crippen LogP contribution >= 0.6 is 0 Å². The zero-order chi connectivity index (χ0) is 14.9. The van der Waals surface area contributed by atoms with E-state index in [9.17, 15) is 13.2 Å². The maximum Gasteiger partial charge on any atom is 0.352 e. The molecule has 3 N–H and O–H groups in total. The third-order valence-corrected chi connectivity index (χ3v) is 4.38. The van der Waals surface area contributed by atoms with Gasteiger partial charge in [-0.2, -0.15) is 0 Å². The van der Waals surface area contributed by atoms with Crippen LogP contribution in [0.2, 0.25) is 0 Å². The fraction of sp³-hybridized carbons (Fsp3) is 0.167. The number of aryl methyl sites for hydroxylation is 1. The highest BCUT2D eigenvalue weighted by Crippen LogP contribution is 2.24. The predicted molar refractivity (Wildman–Crippen MR) is 72.3 cm³/mol. The number of hydrogen-bond donors (Lipinski definition) is 3. The van der Waals surface area contributed by atoms with Crippen LogP contribution in [0, 0.1) is 13.8 Å². The molecule has 0 saturated carbocycles. The molecule has 0 aliphatic carbocycles.